The van der Waals surface area contributed by atoms with Crippen molar-refractivity contribution in [3.05, 3.63) is 68.8 Å². The molecule has 0 radical (unpaired) electrons. The Hall–Kier alpha value is -1.29. The first-order chi connectivity index (χ1) is 10.1. The van der Waals surface area contributed by atoms with Crippen LogP contribution in [0.3, 0.4) is 0 Å². The van der Waals surface area contributed by atoms with Crippen molar-refractivity contribution in [1.82, 2.24) is 5.32 Å². The summed E-state index contributed by atoms with van der Waals surface area (Å²) in [6, 6.07) is 14.0. The van der Waals surface area contributed by atoms with Crippen molar-refractivity contribution in [2.24, 2.45) is 0 Å². The van der Waals surface area contributed by atoms with Crippen molar-refractivity contribution < 1.29 is 4.42 Å². The Bertz CT molecular complexity index is 797. The van der Waals surface area contributed by atoms with Gasteiger partial charge in [0.2, 0.25) is 0 Å². The third-order valence-corrected chi connectivity index (χ3v) is 4.49. The van der Waals surface area contributed by atoms with Gasteiger partial charge in [0, 0.05) is 14.9 Å². The van der Waals surface area contributed by atoms with Crippen LogP contribution in [0.5, 0.6) is 0 Å². The van der Waals surface area contributed by atoms with Gasteiger partial charge in [0.05, 0.1) is 6.04 Å². The number of aryl methyl sites for hydroxylation is 1. The fraction of sp³-hybridized carbons (Fsp3) is 0.176. The SMILES string of the molecule is CNC(c1cc2cc(C)ccc2o1)c1cc(Cl)ccc1Br. The second-order valence-electron chi connectivity index (χ2n) is 5.08. The molecule has 1 unspecified atom stereocenters. The number of hydrogen-bond acceptors (Lipinski definition) is 2. The number of hydrogen-bond donors (Lipinski definition) is 1. The van der Waals surface area contributed by atoms with E-state index in [-0.39, 0.29) is 6.04 Å². The largest absolute Gasteiger partial charge is 0.459 e. The summed E-state index contributed by atoms with van der Waals surface area (Å²) in [4.78, 5) is 0. The van der Waals surface area contributed by atoms with E-state index in [1.54, 1.807) is 0 Å². The molecule has 1 aromatic heterocycles. The van der Waals surface area contributed by atoms with Gasteiger partial charge in [0.15, 0.2) is 0 Å². The minimum atomic E-state index is -0.0502. The Morgan fingerprint density at radius 1 is 1.14 bits per heavy atom. The maximum Gasteiger partial charge on any atom is 0.134 e. The molecule has 2 aromatic carbocycles. The van der Waals surface area contributed by atoms with Crippen molar-refractivity contribution >= 4 is 38.5 Å². The molecule has 0 aliphatic rings. The zero-order chi connectivity index (χ0) is 15.0. The highest BCUT2D eigenvalue weighted by atomic mass is 79.9. The number of rotatable bonds is 3. The van der Waals surface area contributed by atoms with Gasteiger partial charge < -0.3 is 9.73 Å². The van der Waals surface area contributed by atoms with Crippen molar-refractivity contribution in [3.8, 4) is 0 Å². The average Bonchev–Trinajstić information content (AvgIpc) is 2.86. The summed E-state index contributed by atoms with van der Waals surface area (Å²) >= 11 is 9.71. The molecule has 0 aliphatic carbocycles. The Balaban J connectivity index is 2.11. The maximum atomic E-state index is 6.13. The number of furan rings is 1. The molecular weight excluding hydrogens is 350 g/mol. The van der Waals surface area contributed by atoms with Crippen LogP contribution in [0.1, 0.15) is 22.9 Å². The van der Waals surface area contributed by atoms with E-state index in [1.165, 1.54) is 5.56 Å². The van der Waals surface area contributed by atoms with Crippen LogP contribution in [0.25, 0.3) is 11.0 Å². The van der Waals surface area contributed by atoms with Gasteiger partial charge in [-0.05, 0) is 55.9 Å². The monoisotopic (exact) mass is 363 g/mol. The summed E-state index contributed by atoms with van der Waals surface area (Å²) < 4.78 is 7.00. The second kappa shape index (κ2) is 5.84. The summed E-state index contributed by atoms with van der Waals surface area (Å²) in [5.41, 5.74) is 3.18. The molecule has 1 atom stereocenters. The molecule has 4 heteroatoms. The van der Waals surface area contributed by atoms with Gasteiger partial charge >= 0.3 is 0 Å². The number of halogens is 2. The van der Waals surface area contributed by atoms with Gasteiger partial charge in [0.1, 0.15) is 11.3 Å². The summed E-state index contributed by atoms with van der Waals surface area (Å²) in [6.07, 6.45) is 0. The third kappa shape index (κ3) is 2.86. The highest BCUT2D eigenvalue weighted by Crippen LogP contribution is 2.33. The summed E-state index contributed by atoms with van der Waals surface area (Å²) in [5, 5.41) is 5.12. The van der Waals surface area contributed by atoms with Crippen molar-refractivity contribution in [1.29, 1.82) is 0 Å². The Morgan fingerprint density at radius 2 is 1.95 bits per heavy atom. The van der Waals surface area contributed by atoms with Gasteiger partial charge in [-0.2, -0.15) is 0 Å². The van der Waals surface area contributed by atoms with Gasteiger partial charge in [-0.1, -0.05) is 39.2 Å². The summed E-state index contributed by atoms with van der Waals surface area (Å²) in [5.74, 6) is 0.876. The van der Waals surface area contributed by atoms with Gasteiger partial charge in [-0.15, -0.1) is 0 Å². The molecule has 0 saturated heterocycles. The molecule has 0 aliphatic heterocycles. The predicted octanol–water partition coefficient (Wildman–Crippen LogP) is 5.47. The molecule has 3 rings (SSSR count). The zero-order valence-corrected chi connectivity index (χ0v) is 14.1. The van der Waals surface area contributed by atoms with Gasteiger partial charge in [-0.25, -0.2) is 0 Å². The molecule has 3 aromatic rings. The highest BCUT2D eigenvalue weighted by molar-refractivity contribution is 9.10. The van der Waals surface area contributed by atoms with E-state index < -0.39 is 0 Å². The van der Waals surface area contributed by atoms with E-state index >= 15 is 0 Å². The van der Waals surface area contributed by atoms with Crippen LogP contribution in [0.15, 0.2) is 51.4 Å². The van der Waals surface area contributed by atoms with Crippen LogP contribution in [0.2, 0.25) is 5.02 Å². The van der Waals surface area contributed by atoms with E-state index in [4.69, 9.17) is 16.0 Å². The van der Waals surface area contributed by atoms with E-state index in [9.17, 15) is 0 Å². The normalized spacial score (nSPS) is 12.8. The summed E-state index contributed by atoms with van der Waals surface area (Å²) in [6.45, 7) is 2.08. The quantitative estimate of drug-likeness (QED) is 0.667. The van der Waals surface area contributed by atoms with Crippen LogP contribution in [-0.4, -0.2) is 7.05 Å². The molecule has 0 spiro atoms. The fourth-order valence-corrected chi connectivity index (χ4v) is 3.17. The second-order valence-corrected chi connectivity index (χ2v) is 6.37. The van der Waals surface area contributed by atoms with Crippen molar-refractivity contribution in [2.45, 2.75) is 13.0 Å². The van der Waals surface area contributed by atoms with Crippen LogP contribution in [0, 0.1) is 6.92 Å². The van der Waals surface area contributed by atoms with Gasteiger partial charge in [-0.3, -0.25) is 0 Å². The number of fused-ring (bicyclic) bond motifs is 1. The highest BCUT2D eigenvalue weighted by Gasteiger charge is 2.19. The maximum absolute atomic E-state index is 6.13. The number of benzene rings is 2. The Labute approximate surface area is 137 Å². The molecule has 0 saturated carbocycles. The van der Waals surface area contributed by atoms with E-state index in [1.807, 2.05) is 31.3 Å². The molecule has 0 fully saturated rings. The summed E-state index contributed by atoms with van der Waals surface area (Å²) in [7, 11) is 1.91. The Kier molecular flexibility index (Phi) is 4.07. The fourth-order valence-electron chi connectivity index (χ4n) is 2.51. The smallest absolute Gasteiger partial charge is 0.134 e. The van der Waals surface area contributed by atoms with Crippen LogP contribution in [0.4, 0.5) is 0 Å². The molecule has 0 bridgehead atoms. The lowest BCUT2D eigenvalue weighted by atomic mass is 10.0. The van der Waals surface area contributed by atoms with Crippen LogP contribution in [-0.2, 0) is 0 Å². The molecule has 2 nitrogen and oxygen atoms in total. The molecule has 1 N–H and O–H groups in total. The Morgan fingerprint density at radius 3 is 2.71 bits per heavy atom. The van der Waals surface area contributed by atoms with Crippen LogP contribution >= 0.6 is 27.5 Å². The zero-order valence-electron chi connectivity index (χ0n) is 11.8. The van der Waals surface area contributed by atoms with E-state index in [2.05, 4.69) is 46.4 Å². The molecule has 0 amide bonds. The average molecular weight is 365 g/mol. The molecule has 108 valence electrons. The van der Waals surface area contributed by atoms with Crippen molar-refractivity contribution in [2.75, 3.05) is 7.05 Å². The molecule has 21 heavy (non-hydrogen) atoms. The van der Waals surface area contributed by atoms with Crippen molar-refractivity contribution in [3.63, 3.8) is 0 Å². The van der Waals surface area contributed by atoms with E-state index in [0.717, 1.165) is 26.8 Å². The molecule has 1 heterocycles. The minimum absolute atomic E-state index is 0.0502. The molecular formula is C17H15BrClNO. The standard InChI is InChI=1S/C17H15BrClNO/c1-10-3-6-15-11(7-10)8-16(21-15)17(20-2)13-9-12(19)4-5-14(13)18/h3-9,17,20H,1-2H3. The minimum Gasteiger partial charge on any atom is -0.459 e. The van der Waals surface area contributed by atoms with Gasteiger partial charge in [0.25, 0.3) is 0 Å². The third-order valence-electron chi connectivity index (χ3n) is 3.53. The number of nitrogens with one attached hydrogen (secondary N) is 1. The lowest BCUT2D eigenvalue weighted by Crippen LogP contribution is -2.17. The first-order valence-corrected chi connectivity index (χ1v) is 7.88. The lowest BCUT2D eigenvalue weighted by Gasteiger charge is -2.16. The first kappa shape index (κ1) is 14.6. The van der Waals surface area contributed by atoms with Crippen LogP contribution < -0.4 is 5.32 Å². The lowest BCUT2D eigenvalue weighted by molar-refractivity contribution is 0.491. The topological polar surface area (TPSA) is 25.2 Å². The van der Waals surface area contributed by atoms with E-state index in [0.29, 0.717) is 5.02 Å². The predicted molar refractivity (Wildman–Crippen MR) is 91.0 cm³/mol. The first-order valence-electron chi connectivity index (χ1n) is 6.71.